The number of carbonyl (C=O) groups is 2. The van der Waals surface area contributed by atoms with Crippen molar-refractivity contribution in [1.82, 2.24) is 0 Å². The number of hydrogen-bond donors (Lipinski definition) is 4. The van der Waals surface area contributed by atoms with Crippen molar-refractivity contribution in [2.45, 2.75) is 18.6 Å². The van der Waals surface area contributed by atoms with Crippen molar-refractivity contribution < 1.29 is 24.9 Å². The first-order valence-corrected chi connectivity index (χ1v) is 5.38. The van der Waals surface area contributed by atoms with Crippen LogP contribution in [0.4, 0.5) is 0 Å². The maximum Gasteiger partial charge on any atom is 0.337 e. The second kappa shape index (κ2) is 5.81. The Morgan fingerprint density at radius 2 is 1.94 bits per heavy atom. The van der Waals surface area contributed by atoms with Gasteiger partial charge in [-0.15, -0.1) is 0 Å². The van der Waals surface area contributed by atoms with Crippen LogP contribution in [-0.4, -0.2) is 33.3 Å². The Bertz CT molecular complexity index is 477. The van der Waals surface area contributed by atoms with E-state index in [2.05, 4.69) is 0 Å². The summed E-state index contributed by atoms with van der Waals surface area (Å²) in [4.78, 5) is 21.3. The Balaban J connectivity index is 2.93. The van der Waals surface area contributed by atoms with Crippen LogP contribution in [0.2, 0.25) is 5.02 Å². The summed E-state index contributed by atoms with van der Waals surface area (Å²) in [5.74, 6) is -1.95. The number of rotatable bonds is 5. The van der Waals surface area contributed by atoms with Gasteiger partial charge in [0.25, 0.3) is 0 Å². The standard InChI is InChI=1S/C11H12ClNO5/c12-7-3-5(1-2-6(7)11(17)18)10(16)8(14)4-9(13)15/h1-3,8,10,14,16H,4H2,(H2,13,15)(H,17,18). The van der Waals surface area contributed by atoms with Crippen LogP contribution in [0.3, 0.4) is 0 Å². The number of carbonyl (C=O) groups excluding carboxylic acids is 1. The molecule has 0 aliphatic heterocycles. The lowest BCUT2D eigenvalue weighted by atomic mass is 10.0. The van der Waals surface area contributed by atoms with Crippen LogP contribution < -0.4 is 5.73 Å². The third-order valence-electron chi connectivity index (χ3n) is 2.34. The van der Waals surface area contributed by atoms with Crippen LogP contribution in [0, 0.1) is 0 Å². The minimum absolute atomic E-state index is 0.0645. The van der Waals surface area contributed by atoms with Crippen LogP contribution >= 0.6 is 11.6 Å². The van der Waals surface area contributed by atoms with Gasteiger partial charge < -0.3 is 21.1 Å². The second-order valence-electron chi connectivity index (χ2n) is 3.73. The smallest absolute Gasteiger partial charge is 0.337 e. The van der Waals surface area contributed by atoms with Gasteiger partial charge in [0.05, 0.1) is 23.1 Å². The number of aromatic carboxylic acids is 1. The predicted octanol–water partition coefficient (Wildman–Crippen LogP) is 0.308. The van der Waals surface area contributed by atoms with Crippen LogP contribution in [0.5, 0.6) is 0 Å². The molecule has 0 saturated heterocycles. The molecule has 1 amide bonds. The Labute approximate surface area is 108 Å². The molecule has 0 bridgehead atoms. The van der Waals surface area contributed by atoms with Gasteiger partial charge in [0.15, 0.2) is 0 Å². The van der Waals surface area contributed by atoms with Crippen LogP contribution in [0.1, 0.15) is 28.4 Å². The number of benzene rings is 1. The summed E-state index contributed by atoms with van der Waals surface area (Å²) < 4.78 is 0. The fourth-order valence-electron chi connectivity index (χ4n) is 1.43. The molecule has 5 N–H and O–H groups in total. The maximum absolute atomic E-state index is 10.7. The number of halogens is 1. The summed E-state index contributed by atoms with van der Waals surface area (Å²) in [5, 5.41) is 27.9. The van der Waals surface area contributed by atoms with E-state index in [1.165, 1.54) is 18.2 Å². The minimum Gasteiger partial charge on any atom is -0.478 e. The number of nitrogens with two attached hydrogens (primary N) is 1. The van der Waals surface area contributed by atoms with Gasteiger partial charge >= 0.3 is 5.97 Å². The monoisotopic (exact) mass is 273 g/mol. The van der Waals surface area contributed by atoms with E-state index in [1.807, 2.05) is 0 Å². The zero-order valence-electron chi connectivity index (χ0n) is 9.21. The van der Waals surface area contributed by atoms with E-state index in [0.717, 1.165) is 0 Å². The lowest BCUT2D eigenvalue weighted by Gasteiger charge is -2.17. The quantitative estimate of drug-likeness (QED) is 0.615. The predicted molar refractivity (Wildman–Crippen MR) is 63.2 cm³/mol. The van der Waals surface area contributed by atoms with E-state index in [9.17, 15) is 19.8 Å². The van der Waals surface area contributed by atoms with E-state index in [0.29, 0.717) is 0 Å². The third-order valence-corrected chi connectivity index (χ3v) is 2.65. The number of hydrogen-bond acceptors (Lipinski definition) is 4. The van der Waals surface area contributed by atoms with Crippen molar-refractivity contribution in [1.29, 1.82) is 0 Å². The Morgan fingerprint density at radius 3 is 2.39 bits per heavy atom. The van der Waals surface area contributed by atoms with E-state index in [4.69, 9.17) is 22.4 Å². The third kappa shape index (κ3) is 3.43. The van der Waals surface area contributed by atoms with Gasteiger partial charge in [0.1, 0.15) is 6.10 Å². The molecule has 1 aromatic rings. The van der Waals surface area contributed by atoms with E-state index >= 15 is 0 Å². The molecule has 2 atom stereocenters. The summed E-state index contributed by atoms with van der Waals surface area (Å²) in [5.41, 5.74) is 4.98. The number of aliphatic hydroxyl groups is 2. The van der Waals surface area contributed by atoms with Crippen LogP contribution in [-0.2, 0) is 4.79 Å². The normalized spacial score (nSPS) is 13.9. The topological polar surface area (TPSA) is 121 Å². The van der Waals surface area contributed by atoms with Gasteiger partial charge in [0.2, 0.25) is 5.91 Å². The molecule has 0 aliphatic carbocycles. The zero-order valence-corrected chi connectivity index (χ0v) is 9.96. The summed E-state index contributed by atoms with van der Waals surface area (Å²) in [7, 11) is 0. The fraction of sp³-hybridized carbons (Fsp3) is 0.273. The van der Waals surface area contributed by atoms with Crippen molar-refractivity contribution in [2.24, 2.45) is 5.73 Å². The number of carboxylic acids is 1. The lowest BCUT2D eigenvalue weighted by molar-refractivity contribution is -0.121. The van der Waals surface area contributed by atoms with Gasteiger partial charge in [-0.2, -0.15) is 0 Å². The highest BCUT2D eigenvalue weighted by Gasteiger charge is 2.21. The zero-order chi connectivity index (χ0) is 13.9. The first-order valence-electron chi connectivity index (χ1n) is 5.00. The van der Waals surface area contributed by atoms with Crippen molar-refractivity contribution in [2.75, 3.05) is 0 Å². The first kappa shape index (κ1) is 14.4. The Hall–Kier alpha value is -1.63. The molecule has 0 saturated carbocycles. The highest BCUT2D eigenvalue weighted by molar-refractivity contribution is 6.33. The molecule has 18 heavy (non-hydrogen) atoms. The average Bonchev–Trinajstić information content (AvgIpc) is 2.26. The van der Waals surface area contributed by atoms with E-state index < -0.39 is 30.5 Å². The highest BCUT2D eigenvalue weighted by atomic mass is 35.5. The highest BCUT2D eigenvalue weighted by Crippen LogP contribution is 2.24. The summed E-state index contributed by atoms with van der Waals surface area (Å²) in [6, 6.07) is 3.74. The molecule has 0 heterocycles. The van der Waals surface area contributed by atoms with Gasteiger partial charge in [-0.3, -0.25) is 4.79 Å². The molecule has 2 unspecified atom stereocenters. The molecular weight excluding hydrogens is 262 g/mol. The molecule has 0 fully saturated rings. The molecule has 98 valence electrons. The molecule has 0 radical (unpaired) electrons. The van der Waals surface area contributed by atoms with Crippen LogP contribution in [0.15, 0.2) is 18.2 Å². The molecule has 7 heteroatoms. The van der Waals surface area contributed by atoms with Gasteiger partial charge in [-0.05, 0) is 17.7 Å². The molecular formula is C11H12ClNO5. The average molecular weight is 274 g/mol. The first-order chi connectivity index (χ1) is 8.32. The SMILES string of the molecule is NC(=O)CC(O)C(O)c1ccc(C(=O)O)c(Cl)c1. The van der Waals surface area contributed by atoms with Crippen molar-refractivity contribution in [3.05, 3.63) is 34.3 Å². The molecule has 0 aromatic heterocycles. The fourth-order valence-corrected chi connectivity index (χ4v) is 1.70. The molecule has 1 aromatic carbocycles. The summed E-state index contributed by atoms with van der Waals surface area (Å²) >= 11 is 5.71. The number of carboxylic acid groups (broad SMARTS) is 1. The molecule has 6 nitrogen and oxygen atoms in total. The van der Waals surface area contributed by atoms with Crippen molar-refractivity contribution in [3.63, 3.8) is 0 Å². The van der Waals surface area contributed by atoms with Crippen molar-refractivity contribution in [3.8, 4) is 0 Å². The summed E-state index contributed by atoms with van der Waals surface area (Å²) in [6.45, 7) is 0. The van der Waals surface area contributed by atoms with E-state index in [1.54, 1.807) is 0 Å². The largest absolute Gasteiger partial charge is 0.478 e. The molecule has 0 aliphatic rings. The van der Waals surface area contributed by atoms with Gasteiger partial charge in [-0.25, -0.2) is 4.79 Å². The van der Waals surface area contributed by atoms with Gasteiger partial charge in [0, 0.05) is 0 Å². The number of primary amides is 1. The van der Waals surface area contributed by atoms with Crippen LogP contribution in [0.25, 0.3) is 0 Å². The Kier molecular flexibility index (Phi) is 4.66. The van der Waals surface area contributed by atoms with Gasteiger partial charge in [-0.1, -0.05) is 17.7 Å². The molecule has 0 spiro atoms. The molecule has 1 rings (SSSR count). The maximum atomic E-state index is 10.7. The van der Waals surface area contributed by atoms with Crippen molar-refractivity contribution >= 4 is 23.5 Å². The summed E-state index contributed by atoms with van der Waals surface area (Å²) in [6.07, 6.45) is -3.13. The number of amides is 1. The minimum atomic E-state index is -1.37. The Morgan fingerprint density at radius 1 is 1.33 bits per heavy atom. The number of aliphatic hydroxyl groups excluding tert-OH is 2. The lowest BCUT2D eigenvalue weighted by Crippen LogP contribution is -2.25. The van der Waals surface area contributed by atoms with E-state index in [-0.39, 0.29) is 16.1 Å². The second-order valence-corrected chi connectivity index (χ2v) is 4.13.